The second-order valence-corrected chi connectivity index (χ2v) is 5.20. The van der Waals surface area contributed by atoms with E-state index in [0.717, 1.165) is 18.4 Å². The quantitative estimate of drug-likeness (QED) is 0.393. The first-order valence-electron chi connectivity index (χ1n) is 7.94. The van der Waals surface area contributed by atoms with Crippen LogP contribution in [0.15, 0.2) is 35.9 Å². The second-order valence-electron chi connectivity index (χ2n) is 5.20. The summed E-state index contributed by atoms with van der Waals surface area (Å²) in [5.74, 6) is 0.384. The van der Waals surface area contributed by atoms with Gasteiger partial charge in [-0.3, -0.25) is 0 Å². The van der Waals surface area contributed by atoms with Crippen molar-refractivity contribution in [3.8, 4) is 5.75 Å². The van der Waals surface area contributed by atoms with Gasteiger partial charge in [0, 0.05) is 5.57 Å². The number of hydrogen-bond acceptors (Lipinski definition) is 5. The molecule has 2 N–H and O–H groups in total. The van der Waals surface area contributed by atoms with Crippen LogP contribution in [0.5, 0.6) is 5.75 Å². The second kappa shape index (κ2) is 10.8. The highest BCUT2D eigenvalue weighted by Crippen LogP contribution is 2.22. The average Bonchev–Trinajstić information content (AvgIpc) is 2.57. The van der Waals surface area contributed by atoms with E-state index in [2.05, 4.69) is 0 Å². The minimum absolute atomic E-state index is 0.0247. The molecule has 0 amide bonds. The zero-order chi connectivity index (χ0) is 17.1. The van der Waals surface area contributed by atoms with Crippen LogP contribution in [-0.4, -0.2) is 36.0 Å². The number of hydrogen-bond donors (Lipinski definition) is 2. The molecule has 0 radical (unpaired) electrons. The predicted molar refractivity (Wildman–Crippen MR) is 88.2 cm³/mol. The Labute approximate surface area is 137 Å². The third-order valence-corrected chi connectivity index (χ3v) is 3.35. The van der Waals surface area contributed by atoms with Gasteiger partial charge in [-0.1, -0.05) is 18.2 Å². The van der Waals surface area contributed by atoms with Gasteiger partial charge in [0.2, 0.25) is 0 Å². The summed E-state index contributed by atoms with van der Waals surface area (Å²) in [6.45, 7) is 4.12. The molecule has 0 heterocycles. The maximum atomic E-state index is 11.4. The number of carbonyl (C=O) groups is 1. The summed E-state index contributed by atoms with van der Waals surface area (Å²) in [6, 6.07) is 7.19. The first-order chi connectivity index (χ1) is 11.1. The third kappa shape index (κ3) is 7.30. The average molecular weight is 322 g/mol. The van der Waals surface area contributed by atoms with E-state index in [1.165, 1.54) is 0 Å². The summed E-state index contributed by atoms with van der Waals surface area (Å²) < 4.78 is 10.2. The normalized spacial score (nSPS) is 12.8. The van der Waals surface area contributed by atoms with Crippen LogP contribution >= 0.6 is 0 Å². The Hall–Kier alpha value is -1.85. The molecule has 5 nitrogen and oxygen atoms in total. The Bertz CT molecular complexity index is 493. The van der Waals surface area contributed by atoms with Crippen LogP contribution in [0.1, 0.15) is 44.8 Å². The van der Waals surface area contributed by atoms with Crippen molar-refractivity contribution in [1.29, 1.82) is 0 Å². The fraction of sp³-hybridized carbons (Fsp3) is 0.500. The highest BCUT2D eigenvalue weighted by atomic mass is 16.5. The van der Waals surface area contributed by atoms with Gasteiger partial charge in [-0.15, -0.1) is 0 Å². The standard InChI is InChI=1S/C18H26O5/c1-3-22-18(21)14(2)6-4-5-7-17(20)15-8-10-16(11-9-15)23-13-12-19/h6,8-11,17,19-20H,3-5,7,12-13H2,1-2H3/b14-6+/t17-/m1/s1. The summed E-state index contributed by atoms with van der Waals surface area (Å²) in [5, 5.41) is 18.8. The molecule has 1 aromatic carbocycles. The summed E-state index contributed by atoms with van der Waals surface area (Å²) in [4.78, 5) is 11.4. The fourth-order valence-corrected chi connectivity index (χ4v) is 2.07. The lowest BCUT2D eigenvalue weighted by Crippen LogP contribution is -2.05. The zero-order valence-electron chi connectivity index (χ0n) is 13.8. The molecule has 23 heavy (non-hydrogen) atoms. The van der Waals surface area contributed by atoms with Gasteiger partial charge in [0.1, 0.15) is 12.4 Å². The number of aliphatic hydroxyl groups is 2. The van der Waals surface area contributed by atoms with E-state index >= 15 is 0 Å². The summed E-state index contributed by atoms with van der Waals surface area (Å²) in [5.41, 5.74) is 1.43. The van der Waals surface area contributed by atoms with Crippen molar-refractivity contribution in [2.45, 2.75) is 39.2 Å². The Balaban J connectivity index is 2.37. The Morgan fingerprint density at radius 2 is 2.00 bits per heavy atom. The van der Waals surface area contributed by atoms with Crippen LogP contribution in [0.25, 0.3) is 0 Å². The first-order valence-corrected chi connectivity index (χ1v) is 7.94. The number of aliphatic hydroxyl groups excluding tert-OH is 2. The molecule has 0 aliphatic carbocycles. The first kappa shape index (κ1) is 19.2. The van der Waals surface area contributed by atoms with Crippen LogP contribution in [0.4, 0.5) is 0 Å². The Kier molecular flexibility index (Phi) is 9.02. The van der Waals surface area contributed by atoms with Crippen LogP contribution in [0.2, 0.25) is 0 Å². The number of carbonyl (C=O) groups excluding carboxylic acids is 1. The SMILES string of the molecule is CCOC(=O)/C(C)=C/CCC[C@@H](O)c1ccc(OCCO)cc1. The van der Waals surface area contributed by atoms with Gasteiger partial charge in [0.15, 0.2) is 0 Å². The van der Waals surface area contributed by atoms with Crippen LogP contribution in [0, 0.1) is 0 Å². The summed E-state index contributed by atoms with van der Waals surface area (Å²) in [7, 11) is 0. The molecule has 0 saturated heterocycles. The lowest BCUT2D eigenvalue weighted by molar-refractivity contribution is -0.138. The van der Waals surface area contributed by atoms with Gasteiger partial charge >= 0.3 is 5.97 Å². The largest absolute Gasteiger partial charge is 0.491 e. The van der Waals surface area contributed by atoms with Crippen LogP contribution in [-0.2, 0) is 9.53 Å². The van der Waals surface area contributed by atoms with E-state index in [9.17, 15) is 9.90 Å². The van der Waals surface area contributed by atoms with E-state index in [4.69, 9.17) is 14.6 Å². The Morgan fingerprint density at radius 1 is 1.30 bits per heavy atom. The van der Waals surface area contributed by atoms with Crippen LogP contribution in [0.3, 0.4) is 0 Å². The zero-order valence-corrected chi connectivity index (χ0v) is 13.8. The number of rotatable bonds is 10. The van der Waals surface area contributed by atoms with Gasteiger partial charge in [0.25, 0.3) is 0 Å². The van der Waals surface area contributed by atoms with E-state index in [1.54, 1.807) is 26.0 Å². The van der Waals surface area contributed by atoms with Crippen molar-refractivity contribution in [2.24, 2.45) is 0 Å². The molecule has 0 unspecified atom stereocenters. The number of allylic oxidation sites excluding steroid dienone is 1. The third-order valence-electron chi connectivity index (χ3n) is 3.35. The maximum Gasteiger partial charge on any atom is 0.333 e. The molecule has 1 rings (SSSR count). The molecule has 0 aliphatic heterocycles. The molecule has 0 fully saturated rings. The molecule has 1 atom stereocenters. The van der Waals surface area contributed by atoms with Crippen molar-refractivity contribution in [1.82, 2.24) is 0 Å². The highest BCUT2D eigenvalue weighted by molar-refractivity contribution is 5.87. The fourth-order valence-electron chi connectivity index (χ4n) is 2.07. The van der Waals surface area contributed by atoms with Crippen molar-refractivity contribution in [3.63, 3.8) is 0 Å². The summed E-state index contributed by atoms with van der Waals surface area (Å²) in [6.07, 6.45) is 3.42. The molecule has 128 valence electrons. The molecule has 5 heteroatoms. The van der Waals surface area contributed by atoms with E-state index in [-0.39, 0.29) is 19.2 Å². The molecular weight excluding hydrogens is 296 g/mol. The van der Waals surface area contributed by atoms with E-state index < -0.39 is 6.10 Å². The van der Waals surface area contributed by atoms with Gasteiger partial charge in [-0.25, -0.2) is 4.79 Å². The molecule has 0 spiro atoms. The smallest absolute Gasteiger partial charge is 0.333 e. The summed E-state index contributed by atoms with van der Waals surface area (Å²) >= 11 is 0. The van der Waals surface area contributed by atoms with Crippen molar-refractivity contribution in [2.75, 3.05) is 19.8 Å². The van der Waals surface area contributed by atoms with Crippen molar-refractivity contribution >= 4 is 5.97 Å². The monoisotopic (exact) mass is 322 g/mol. The maximum absolute atomic E-state index is 11.4. The number of unbranched alkanes of at least 4 members (excludes halogenated alkanes) is 1. The van der Waals surface area contributed by atoms with Crippen molar-refractivity contribution < 1.29 is 24.5 Å². The molecule has 0 aliphatic rings. The van der Waals surface area contributed by atoms with Gasteiger partial charge in [-0.05, 0) is 50.8 Å². The molecule has 1 aromatic rings. The topological polar surface area (TPSA) is 76.0 Å². The molecule has 0 saturated carbocycles. The Morgan fingerprint density at radius 3 is 2.61 bits per heavy atom. The highest BCUT2D eigenvalue weighted by Gasteiger charge is 2.08. The molecule has 0 aromatic heterocycles. The lowest BCUT2D eigenvalue weighted by Gasteiger charge is -2.11. The number of benzene rings is 1. The number of ether oxygens (including phenoxy) is 2. The van der Waals surface area contributed by atoms with Crippen LogP contribution < -0.4 is 4.74 Å². The van der Waals surface area contributed by atoms with Gasteiger partial charge < -0.3 is 19.7 Å². The van der Waals surface area contributed by atoms with Crippen molar-refractivity contribution in [3.05, 3.63) is 41.5 Å². The van der Waals surface area contributed by atoms with Gasteiger partial charge in [-0.2, -0.15) is 0 Å². The van der Waals surface area contributed by atoms with Gasteiger partial charge in [0.05, 0.1) is 19.3 Å². The molecular formula is C18H26O5. The predicted octanol–water partition coefficient (Wildman–Crippen LogP) is 2.77. The minimum Gasteiger partial charge on any atom is -0.491 e. The lowest BCUT2D eigenvalue weighted by atomic mass is 10.0. The van der Waals surface area contributed by atoms with E-state index in [1.807, 2.05) is 18.2 Å². The molecule has 0 bridgehead atoms. The minimum atomic E-state index is -0.543. The number of esters is 1. The van der Waals surface area contributed by atoms with E-state index in [0.29, 0.717) is 24.4 Å².